The number of carbonyl (C=O) groups is 1. The second-order valence-corrected chi connectivity index (χ2v) is 8.05. The van der Waals surface area contributed by atoms with Crippen LogP contribution in [0.25, 0.3) is 0 Å². The van der Waals surface area contributed by atoms with Gasteiger partial charge in [0.15, 0.2) is 5.96 Å². The second-order valence-electron chi connectivity index (χ2n) is 8.05. The fourth-order valence-corrected chi connectivity index (χ4v) is 4.30. The Morgan fingerprint density at radius 1 is 1.13 bits per heavy atom. The summed E-state index contributed by atoms with van der Waals surface area (Å²) in [5.41, 5.74) is 3.40. The zero-order valence-corrected chi connectivity index (χ0v) is 20.3. The highest BCUT2D eigenvalue weighted by atomic mass is 127. The Morgan fingerprint density at radius 2 is 1.90 bits per heavy atom. The Kier molecular flexibility index (Phi) is 7.94. The van der Waals surface area contributed by atoms with E-state index in [2.05, 4.69) is 21.7 Å². The van der Waals surface area contributed by atoms with Gasteiger partial charge in [0.05, 0.1) is 13.1 Å². The SMILES string of the molecule is CCNC(=NCc1ccc(N2CCCC2=O)cc1)NCC1(O)CCc2ccccc21.I. The molecule has 0 saturated carbocycles. The molecule has 0 aromatic heterocycles. The van der Waals surface area contributed by atoms with Crippen LogP contribution in [0.2, 0.25) is 0 Å². The lowest BCUT2D eigenvalue weighted by molar-refractivity contribution is -0.117. The largest absolute Gasteiger partial charge is 0.383 e. The number of aryl methyl sites for hydroxylation is 1. The van der Waals surface area contributed by atoms with Gasteiger partial charge < -0.3 is 20.6 Å². The van der Waals surface area contributed by atoms with E-state index in [-0.39, 0.29) is 29.9 Å². The molecule has 0 radical (unpaired) electrons. The van der Waals surface area contributed by atoms with E-state index in [9.17, 15) is 9.90 Å². The van der Waals surface area contributed by atoms with Gasteiger partial charge in [0.2, 0.25) is 5.91 Å². The summed E-state index contributed by atoms with van der Waals surface area (Å²) in [6.07, 6.45) is 3.18. The maximum atomic E-state index is 11.9. The van der Waals surface area contributed by atoms with Crippen LogP contribution in [-0.4, -0.2) is 36.6 Å². The summed E-state index contributed by atoms with van der Waals surface area (Å²) in [6.45, 7) is 4.52. The van der Waals surface area contributed by atoms with Crippen LogP contribution in [0.1, 0.15) is 42.9 Å². The predicted molar refractivity (Wildman–Crippen MR) is 135 cm³/mol. The topological polar surface area (TPSA) is 77.0 Å². The number of rotatable bonds is 6. The molecule has 2 aromatic rings. The third-order valence-corrected chi connectivity index (χ3v) is 5.96. The van der Waals surface area contributed by atoms with Crippen molar-refractivity contribution in [3.8, 4) is 0 Å². The summed E-state index contributed by atoms with van der Waals surface area (Å²) in [4.78, 5) is 18.4. The number of guanidine groups is 1. The van der Waals surface area contributed by atoms with Crippen LogP contribution in [0.15, 0.2) is 53.5 Å². The van der Waals surface area contributed by atoms with Crippen LogP contribution in [0.5, 0.6) is 0 Å². The third kappa shape index (κ3) is 5.38. The molecule has 4 rings (SSSR count). The average Bonchev–Trinajstić information content (AvgIpc) is 3.35. The van der Waals surface area contributed by atoms with Crippen LogP contribution in [0, 0.1) is 0 Å². The molecule has 2 aromatic carbocycles. The summed E-state index contributed by atoms with van der Waals surface area (Å²) >= 11 is 0. The normalized spacial score (nSPS) is 20.4. The van der Waals surface area contributed by atoms with Gasteiger partial charge in [-0.1, -0.05) is 36.4 Å². The lowest BCUT2D eigenvalue weighted by Gasteiger charge is -2.25. The van der Waals surface area contributed by atoms with E-state index in [1.54, 1.807) is 0 Å². The van der Waals surface area contributed by atoms with Gasteiger partial charge >= 0.3 is 0 Å². The number of nitrogens with zero attached hydrogens (tertiary/aromatic N) is 2. The van der Waals surface area contributed by atoms with Crippen molar-refractivity contribution >= 4 is 41.5 Å². The number of benzene rings is 2. The molecule has 1 saturated heterocycles. The molecule has 2 aliphatic rings. The highest BCUT2D eigenvalue weighted by Crippen LogP contribution is 2.36. The molecule has 0 spiro atoms. The summed E-state index contributed by atoms with van der Waals surface area (Å²) in [6, 6.07) is 16.1. The maximum absolute atomic E-state index is 11.9. The molecule has 31 heavy (non-hydrogen) atoms. The van der Waals surface area contributed by atoms with Gasteiger partial charge in [-0.25, -0.2) is 4.99 Å². The second kappa shape index (κ2) is 10.5. The highest BCUT2D eigenvalue weighted by Gasteiger charge is 2.36. The molecule has 0 bridgehead atoms. The number of amides is 1. The van der Waals surface area contributed by atoms with Crippen molar-refractivity contribution in [1.29, 1.82) is 0 Å². The quantitative estimate of drug-likeness (QED) is 0.302. The van der Waals surface area contributed by atoms with Crippen molar-refractivity contribution in [2.75, 3.05) is 24.5 Å². The minimum absolute atomic E-state index is 0. The monoisotopic (exact) mass is 534 g/mol. The van der Waals surface area contributed by atoms with Gasteiger partial charge in [-0.3, -0.25) is 4.79 Å². The molecular weight excluding hydrogens is 503 g/mol. The van der Waals surface area contributed by atoms with Crippen LogP contribution < -0.4 is 15.5 Å². The van der Waals surface area contributed by atoms with Gasteiger partial charge in [0.1, 0.15) is 5.60 Å². The molecule has 1 atom stereocenters. The van der Waals surface area contributed by atoms with E-state index in [0.717, 1.165) is 49.2 Å². The first-order valence-electron chi connectivity index (χ1n) is 10.8. The Labute approximate surface area is 201 Å². The van der Waals surface area contributed by atoms with Crippen molar-refractivity contribution in [1.82, 2.24) is 10.6 Å². The van der Waals surface area contributed by atoms with Gasteiger partial charge in [0.25, 0.3) is 0 Å². The maximum Gasteiger partial charge on any atom is 0.227 e. The molecule has 1 amide bonds. The summed E-state index contributed by atoms with van der Waals surface area (Å²) in [7, 11) is 0. The molecule has 7 heteroatoms. The number of hydrogen-bond acceptors (Lipinski definition) is 3. The summed E-state index contributed by atoms with van der Waals surface area (Å²) < 4.78 is 0. The van der Waals surface area contributed by atoms with Gasteiger partial charge in [0, 0.05) is 25.2 Å². The zero-order valence-electron chi connectivity index (χ0n) is 17.9. The summed E-state index contributed by atoms with van der Waals surface area (Å²) in [5, 5.41) is 17.7. The van der Waals surface area contributed by atoms with Crippen LogP contribution in [0.4, 0.5) is 5.69 Å². The lowest BCUT2D eigenvalue weighted by Crippen LogP contribution is -2.45. The minimum atomic E-state index is -0.864. The van der Waals surface area contributed by atoms with Crippen molar-refractivity contribution < 1.29 is 9.90 Å². The molecule has 1 unspecified atom stereocenters. The fraction of sp³-hybridized carbons (Fsp3) is 0.417. The summed E-state index contributed by atoms with van der Waals surface area (Å²) in [5.74, 6) is 0.889. The molecule has 1 heterocycles. The van der Waals surface area contributed by atoms with E-state index >= 15 is 0 Å². The number of fused-ring (bicyclic) bond motifs is 1. The molecule has 1 fully saturated rings. The molecular formula is C24H31IN4O2. The first-order chi connectivity index (χ1) is 14.6. The standard InChI is InChI=1S/C24H30N4O2.HI/c1-2-25-23(27-17-24(30)14-13-19-6-3-4-7-21(19)24)26-16-18-9-11-20(12-10-18)28-15-5-8-22(28)29;/h3-4,6-7,9-12,30H,2,5,8,13-17H2,1H3,(H2,25,26,27);1H. The number of anilines is 1. The van der Waals surface area contributed by atoms with E-state index < -0.39 is 5.60 Å². The molecule has 166 valence electrons. The van der Waals surface area contributed by atoms with Crippen LogP contribution in [0.3, 0.4) is 0 Å². The van der Waals surface area contributed by atoms with E-state index in [1.165, 1.54) is 5.56 Å². The minimum Gasteiger partial charge on any atom is -0.383 e. The van der Waals surface area contributed by atoms with Crippen molar-refractivity contribution in [3.05, 3.63) is 65.2 Å². The number of hydrogen-bond donors (Lipinski definition) is 3. The zero-order chi connectivity index (χ0) is 21.0. The number of aliphatic hydroxyl groups is 1. The Hall–Kier alpha value is -2.13. The van der Waals surface area contributed by atoms with Crippen LogP contribution >= 0.6 is 24.0 Å². The van der Waals surface area contributed by atoms with E-state index in [4.69, 9.17) is 0 Å². The van der Waals surface area contributed by atoms with Crippen molar-refractivity contribution in [3.63, 3.8) is 0 Å². The Bertz CT molecular complexity index is 931. The van der Waals surface area contributed by atoms with E-state index in [0.29, 0.717) is 25.5 Å². The van der Waals surface area contributed by atoms with Gasteiger partial charge in [-0.05, 0) is 55.0 Å². The molecule has 6 nitrogen and oxygen atoms in total. The number of carbonyl (C=O) groups excluding carboxylic acids is 1. The number of nitrogens with one attached hydrogen (secondary N) is 2. The van der Waals surface area contributed by atoms with Crippen molar-refractivity contribution in [2.45, 2.75) is 44.8 Å². The first-order valence-corrected chi connectivity index (χ1v) is 10.8. The highest BCUT2D eigenvalue weighted by molar-refractivity contribution is 14.0. The van der Waals surface area contributed by atoms with Gasteiger partial charge in [-0.15, -0.1) is 24.0 Å². The van der Waals surface area contributed by atoms with Gasteiger partial charge in [-0.2, -0.15) is 0 Å². The molecule has 1 aliphatic heterocycles. The molecule has 3 N–H and O–H groups in total. The third-order valence-electron chi connectivity index (χ3n) is 5.96. The smallest absolute Gasteiger partial charge is 0.227 e. The average molecular weight is 534 g/mol. The molecule has 1 aliphatic carbocycles. The predicted octanol–water partition coefficient (Wildman–Crippen LogP) is 3.32. The number of halogens is 1. The Balaban J connectivity index is 0.00000272. The van der Waals surface area contributed by atoms with Crippen LogP contribution in [-0.2, 0) is 23.4 Å². The first kappa shape index (κ1) is 23.5. The van der Waals surface area contributed by atoms with Crippen molar-refractivity contribution in [2.24, 2.45) is 4.99 Å². The Morgan fingerprint density at radius 3 is 2.61 bits per heavy atom. The van der Waals surface area contributed by atoms with E-state index in [1.807, 2.05) is 54.3 Å². The fourth-order valence-electron chi connectivity index (χ4n) is 4.30. The lowest BCUT2D eigenvalue weighted by atomic mass is 9.96. The number of aliphatic imine (C=N–C) groups is 1.